The molecule has 1 aliphatic heterocycles. The molecule has 2 amide bonds. The number of aromatic nitrogens is 1. The van der Waals surface area contributed by atoms with Gasteiger partial charge in [-0.1, -0.05) is 30.7 Å². The van der Waals surface area contributed by atoms with Crippen molar-refractivity contribution >= 4 is 23.3 Å². The van der Waals surface area contributed by atoms with Gasteiger partial charge in [-0.05, 0) is 35.2 Å². The van der Waals surface area contributed by atoms with E-state index in [0.29, 0.717) is 13.1 Å². The molecule has 1 atom stereocenters. The number of carbonyl (C=O) groups is 1. The Balaban J connectivity index is 1.79. The van der Waals surface area contributed by atoms with E-state index < -0.39 is 0 Å². The summed E-state index contributed by atoms with van der Waals surface area (Å²) in [5.74, 6) is 0.274. The predicted molar refractivity (Wildman–Crippen MR) is 83.5 cm³/mol. The molecule has 0 saturated heterocycles. The Morgan fingerprint density at radius 2 is 2.10 bits per heavy atom. The molecule has 1 N–H and O–H groups in total. The van der Waals surface area contributed by atoms with Gasteiger partial charge < -0.3 is 10.2 Å². The Kier molecular flexibility index (Phi) is 3.80. The monoisotopic (exact) mass is 301 g/mol. The number of hydrogen-bond acceptors (Lipinski definition) is 2. The summed E-state index contributed by atoms with van der Waals surface area (Å²) < 4.78 is 0. The molecule has 3 rings (SSSR count). The molecule has 1 aliphatic rings. The van der Waals surface area contributed by atoms with Crippen molar-refractivity contribution in [1.29, 1.82) is 0 Å². The van der Waals surface area contributed by atoms with Crippen LogP contribution in [0.2, 0.25) is 5.02 Å². The maximum Gasteiger partial charge on any atom is 0.322 e. The molecule has 21 heavy (non-hydrogen) atoms. The van der Waals surface area contributed by atoms with Gasteiger partial charge in [-0.15, -0.1) is 0 Å². The van der Waals surface area contributed by atoms with Gasteiger partial charge >= 0.3 is 6.03 Å². The van der Waals surface area contributed by atoms with E-state index >= 15 is 0 Å². The fraction of sp³-hybridized carbons (Fsp3) is 0.250. The number of urea groups is 1. The molecule has 0 fully saturated rings. The third kappa shape index (κ3) is 2.85. The van der Waals surface area contributed by atoms with Crippen LogP contribution < -0.4 is 5.32 Å². The molecule has 0 spiro atoms. The number of nitrogens with one attached hydrogen (secondary N) is 1. The number of amides is 2. The first-order valence-electron chi connectivity index (χ1n) is 6.88. The molecule has 2 aromatic rings. The number of carbonyl (C=O) groups excluding carboxylic acids is 1. The van der Waals surface area contributed by atoms with Gasteiger partial charge in [0.2, 0.25) is 0 Å². The second-order valence-electron chi connectivity index (χ2n) is 5.26. The van der Waals surface area contributed by atoms with Gasteiger partial charge in [0.05, 0.1) is 0 Å². The number of nitrogens with zero attached hydrogens (tertiary/aromatic N) is 2. The fourth-order valence-electron chi connectivity index (χ4n) is 2.68. The van der Waals surface area contributed by atoms with E-state index in [1.54, 1.807) is 29.4 Å². The van der Waals surface area contributed by atoms with Crippen molar-refractivity contribution in [2.75, 3.05) is 11.9 Å². The van der Waals surface area contributed by atoms with Crippen LogP contribution in [-0.4, -0.2) is 22.5 Å². The van der Waals surface area contributed by atoms with Gasteiger partial charge in [0.1, 0.15) is 0 Å². The topological polar surface area (TPSA) is 45.2 Å². The average Bonchev–Trinajstić information content (AvgIpc) is 2.49. The highest BCUT2D eigenvalue weighted by atomic mass is 35.5. The molecule has 0 saturated carbocycles. The molecular weight excluding hydrogens is 286 g/mol. The van der Waals surface area contributed by atoms with Crippen LogP contribution in [0.25, 0.3) is 0 Å². The summed E-state index contributed by atoms with van der Waals surface area (Å²) in [6, 6.07) is 9.35. The molecule has 1 aromatic heterocycles. The predicted octanol–water partition coefficient (Wildman–Crippen LogP) is 3.89. The van der Waals surface area contributed by atoms with E-state index in [9.17, 15) is 4.79 Å². The lowest BCUT2D eigenvalue weighted by molar-refractivity contribution is 0.201. The molecule has 1 unspecified atom stereocenters. The molecule has 2 heterocycles. The van der Waals surface area contributed by atoms with E-state index in [4.69, 9.17) is 11.6 Å². The van der Waals surface area contributed by atoms with Crippen molar-refractivity contribution in [2.45, 2.75) is 19.4 Å². The minimum absolute atomic E-state index is 0.112. The molecule has 4 nitrogen and oxygen atoms in total. The SMILES string of the molecule is CC1CN(C(=O)Nc2ccncc2)Cc2c(Cl)cccc21. The van der Waals surface area contributed by atoms with Gasteiger partial charge in [-0.2, -0.15) is 0 Å². The second kappa shape index (κ2) is 5.74. The average molecular weight is 302 g/mol. The summed E-state index contributed by atoms with van der Waals surface area (Å²) in [6.45, 7) is 3.33. The third-order valence-corrected chi connectivity index (χ3v) is 4.10. The van der Waals surface area contributed by atoms with Gasteiger partial charge in [-0.3, -0.25) is 4.98 Å². The van der Waals surface area contributed by atoms with E-state index in [-0.39, 0.29) is 11.9 Å². The van der Waals surface area contributed by atoms with Gasteiger partial charge in [-0.25, -0.2) is 4.79 Å². The lowest BCUT2D eigenvalue weighted by Gasteiger charge is -2.33. The maximum atomic E-state index is 12.4. The first-order valence-corrected chi connectivity index (χ1v) is 7.26. The highest BCUT2D eigenvalue weighted by Crippen LogP contribution is 2.32. The van der Waals surface area contributed by atoms with Gasteiger partial charge in [0, 0.05) is 36.2 Å². The van der Waals surface area contributed by atoms with Crippen LogP contribution in [-0.2, 0) is 6.54 Å². The lowest BCUT2D eigenvalue weighted by atomic mass is 9.91. The standard InChI is InChI=1S/C16H16ClN3O/c1-11-9-20(10-14-13(11)3-2-4-15(14)17)16(21)19-12-5-7-18-8-6-12/h2-8,11H,9-10H2,1H3,(H,18,19,21). The minimum Gasteiger partial charge on any atom is -0.320 e. The van der Waals surface area contributed by atoms with Crippen molar-refractivity contribution in [2.24, 2.45) is 0 Å². The molecule has 0 bridgehead atoms. The van der Waals surface area contributed by atoms with E-state index in [1.807, 2.05) is 12.1 Å². The van der Waals surface area contributed by atoms with E-state index in [2.05, 4.69) is 23.3 Å². The number of hydrogen-bond donors (Lipinski definition) is 1. The Hall–Kier alpha value is -2.07. The second-order valence-corrected chi connectivity index (χ2v) is 5.66. The Labute approximate surface area is 128 Å². The number of benzene rings is 1. The molecule has 0 radical (unpaired) electrons. The number of pyridine rings is 1. The van der Waals surface area contributed by atoms with Gasteiger partial charge in [0.15, 0.2) is 0 Å². The Morgan fingerprint density at radius 1 is 1.33 bits per heavy atom. The van der Waals surface area contributed by atoms with Crippen molar-refractivity contribution in [3.05, 3.63) is 58.9 Å². The summed E-state index contributed by atoms with van der Waals surface area (Å²) in [5, 5.41) is 3.61. The van der Waals surface area contributed by atoms with Crippen molar-refractivity contribution in [1.82, 2.24) is 9.88 Å². The molecule has 0 aliphatic carbocycles. The summed E-state index contributed by atoms with van der Waals surface area (Å²) in [5.41, 5.74) is 3.02. The van der Waals surface area contributed by atoms with Gasteiger partial charge in [0.25, 0.3) is 0 Å². The normalized spacial score (nSPS) is 17.2. The highest BCUT2D eigenvalue weighted by Gasteiger charge is 2.26. The summed E-state index contributed by atoms with van der Waals surface area (Å²) in [4.78, 5) is 18.1. The first-order chi connectivity index (χ1) is 10.1. The number of halogens is 1. The van der Waals surface area contributed by atoms with Crippen molar-refractivity contribution in [3.8, 4) is 0 Å². The smallest absolute Gasteiger partial charge is 0.320 e. The largest absolute Gasteiger partial charge is 0.322 e. The number of rotatable bonds is 1. The van der Waals surface area contributed by atoms with Crippen LogP contribution in [0, 0.1) is 0 Å². The molecular formula is C16H16ClN3O. The zero-order valence-electron chi connectivity index (χ0n) is 11.7. The summed E-state index contributed by atoms with van der Waals surface area (Å²) >= 11 is 6.27. The minimum atomic E-state index is -0.112. The molecule has 1 aromatic carbocycles. The number of fused-ring (bicyclic) bond motifs is 1. The third-order valence-electron chi connectivity index (χ3n) is 3.75. The van der Waals surface area contributed by atoms with Crippen LogP contribution in [0.15, 0.2) is 42.7 Å². The zero-order chi connectivity index (χ0) is 14.8. The molecule has 5 heteroatoms. The van der Waals surface area contributed by atoms with E-state index in [1.165, 1.54) is 5.56 Å². The fourth-order valence-corrected chi connectivity index (χ4v) is 2.92. The zero-order valence-corrected chi connectivity index (χ0v) is 12.5. The Bertz CT molecular complexity index is 660. The first kappa shape index (κ1) is 13.9. The quantitative estimate of drug-likeness (QED) is 0.868. The summed E-state index contributed by atoms with van der Waals surface area (Å²) in [6.07, 6.45) is 3.31. The maximum absolute atomic E-state index is 12.4. The van der Waals surface area contributed by atoms with Crippen LogP contribution in [0.4, 0.5) is 10.5 Å². The van der Waals surface area contributed by atoms with Crippen LogP contribution >= 0.6 is 11.6 Å². The van der Waals surface area contributed by atoms with Crippen LogP contribution in [0.3, 0.4) is 0 Å². The highest BCUT2D eigenvalue weighted by molar-refractivity contribution is 6.31. The molecule has 108 valence electrons. The lowest BCUT2D eigenvalue weighted by Crippen LogP contribution is -2.40. The summed E-state index contributed by atoms with van der Waals surface area (Å²) in [7, 11) is 0. The van der Waals surface area contributed by atoms with Crippen molar-refractivity contribution < 1.29 is 4.79 Å². The Morgan fingerprint density at radius 3 is 2.86 bits per heavy atom. The number of anilines is 1. The van der Waals surface area contributed by atoms with Crippen LogP contribution in [0.5, 0.6) is 0 Å². The van der Waals surface area contributed by atoms with Crippen molar-refractivity contribution in [3.63, 3.8) is 0 Å². The van der Waals surface area contributed by atoms with Crippen LogP contribution in [0.1, 0.15) is 24.0 Å². The van der Waals surface area contributed by atoms with E-state index in [0.717, 1.165) is 16.3 Å².